The monoisotopic (exact) mass is 457 g/mol. The van der Waals surface area contributed by atoms with E-state index in [-0.39, 0.29) is 18.2 Å². The van der Waals surface area contributed by atoms with Gasteiger partial charge in [0.25, 0.3) is 5.91 Å². The quantitative estimate of drug-likeness (QED) is 0.395. The predicted octanol–water partition coefficient (Wildman–Crippen LogP) is 5.19. The van der Waals surface area contributed by atoms with Gasteiger partial charge >= 0.3 is 0 Å². The first-order chi connectivity index (χ1) is 14.6. The Morgan fingerprint density at radius 1 is 1.13 bits per heavy atom. The molecule has 0 aliphatic carbocycles. The Bertz CT molecular complexity index is 1110. The van der Waals surface area contributed by atoms with Crippen LogP contribution in [-0.4, -0.2) is 21.7 Å². The lowest BCUT2D eigenvalue weighted by Gasteiger charge is -2.20. The summed E-state index contributed by atoms with van der Waals surface area (Å²) in [4.78, 5) is 34.4. The summed E-state index contributed by atoms with van der Waals surface area (Å²) in [5, 5.41) is 6.93. The average molecular weight is 458 g/mol. The van der Waals surface area contributed by atoms with Gasteiger partial charge in [-0.25, -0.2) is 4.98 Å². The number of hydrogen-bond acceptors (Lipinski definition) is 7. The van der Waals surface area contributed by atoms with Crippen LogP contribution in [0.4, 0.5) is 5.13 Å². The fraction of sp³-hybridized carbons (Fsp3) is 0.190. The summed E-state index contributed by atoms with van der Waals surface area (Å²) in [6.07, 6.45) is 1.77. The third-order valence-electron chi connectivity index (χ3n) is 4.27. The van der Waals surface area contributed by atoms with Crippen molar-refractivity contribution < 1.29 is 14.0 Å². The van der Waals surface area contributed by atoms with Crippen molar-refractivity contribution in [2.75, 3.05) is 5.32 Å². The molecule has 0 spiro atoms. The van der Waals surface area contributed by atoms with Crippen LogP contribution in [0.2, 0.25) is 0 Å². The van der Waals surface area contributed by atoms with E-state index in [0.29, 0.717) is 28.8 Å². The first-order valence-electron chi connectivity index (χ1n) is 9.21. The molecule has 2 amide bonds. The maximum atomic E-state index is 13.0. The molecule has 4 aromatic heterocycles. The Balaban J connectivity index is 1.42. The lowest BCUT2D eigenvalue weighted by Crippen LogP contribution is -2.31. The van der Waals surface area contributed by atoms with Crippen molar-refractivity contribution >= 4 is 51.0 Å². The number of aryl methyl sites for hydroxylation is 1. The molecule has 0 fully saturated rings. The second kappa shape index (κ2) is 9.38. The standard InChI is InChI=1S/C21H19N3O3S3/c1-14-6-7-17(30-14)12-24(11-16-4-2-8-27-16)19(25)10-15-13-29-21(22-15)23-20(26)18-5-3-9-28-18/h2-9,13H,10-12H2,1H3,(H,22,23,26). The number of rotatable bonds is 8. The van der Waals surface area contributed by atoms with Crippen molar-refractivity contribution in [1.29, 1.82) is 0 Å². The SMILES string of the molecule is Cc1ccc(CN(Cc2ccco2)C(=O)Cc2csc(NC(=O)c3cccs3)n2)s1. The molecule has 30 heavy (non-hydrogen) atoms. The average Bonchev–Trinajstić information content (AvgIpc) is 3.50. The van der Waals surface area contributed by atoms with Gasteiger partial charge in [0.15, 0.2) is 5.13 Å². The predicted molar refractivity (Wildman–Crippen MR) is 120 cm³/mol. The molecule has 154 valence electrons. The second-order valence-corrected chi connectivity index (χ2v) is 9.77. The number of nitrogens with one attached hydrogen (secondary N) is 1. The van der Waals surface area contributed by atoms with Crippen molar-refractivity contribution in [3.05, 3.63) is 79.5 Å². The van der Waals surface area contributed by atoms with E-state index >= 15 is 0 Å². The summed E-state index contributed by atoms with van der Waals surface area (Å²) >= 11 is 4.37. The highest BCUT2D eigenvalue weighted by atomic mass is 32.1. The molecule has 0 saturated heterocycles. The van der Waals surface area contributed by atoms with Gasteiger partial charge in [0.2, 0.25) is 5.91 Å². The number of carbonyl (C=O) groups is 2. The van der Waals surface area contributed by atoms with Crippen molar-refractivity contribution in [2.24, 2.45) is 0 Å². The van der Waals surface area contributed by atoms with E-state index in [1.165, 1.54) is 27.6 Å². The van der Waals surface area contributed by atoms with Crippen molar-refractivity contribution in [3.8, 4) is 0 Å². The highest BCUT2D eigenvalue weighted by Crippen LogP contribution is 2.22. The molecular weight excluding hydrogens is 438 g/mol. The Morgan fingerprint density at radius 2 is 2.03 bits per heavy atom. The number of amides is 2. The zero-order chi connectivity index (χ0) is 20.9. The van der Waals surface area contributed by atoms with Gasteiger partial charge in [0.05, 0.1) is 36.3 Å². The lowest BCUT2D eigenvalue weighted by atomic mass is 10.2. The molecule has 0 bridgehead atoms. The first kappa shape index (κ1) is 20.5. The number of hydrogen-bond donors (Lipinski definition) is 1. The molecule has 0 radical (unpaired) electrons. The van der Waals surface area contributed by atoms with Crippen molar-refractivity contribution in [3.63, 3.8) is 0 Å². The summed E-state index contributed by atoms with van der Waals surface area (Å²) in [5.41, 5.74) is 0.637. The summed E-state index contributed by atoms with van der Waals surface area (Å²) in [6.45, 7) is 2.97. The molecule has 4 rings (SSSR count). The molecule has 0 aliphatic rings. The maximum Gasteiger partial charge on any atom is 0.267 e. The summed E-state index contributed by atoms with van der Waals surface area (Å²) < 4.78 is 5.44. The number of carbonyl (C=O) groups excluding carboxylic acids is 2. The number of thiazole rings is 1. The van der Waals surface area contributed by atoms with Crippen molar-refractivity contribution in [1.82, 2.24) is 9.88 Å². The van der Waals surface area contributed by atoms with E-state index in [2.05, 4.69) is 16.4 Å². The minimum absolute atomic E-state index is 0.0427. The lowest BCUT2D eigenvalue weighted by molar-refractivity contribution is -0.132. The van der Waals surface area contributed by atoms with Gasteiger partial charge in [0.1, 0.15) is 5.76 Å². The molecule has 0 atom stereocenters. The number of furan rings is 1. The van der Waals surface area contributed by atoms with E-state index in [1.54, 1.807) is 28.6 Å². The third-order valence-corrected chi connectivity index (χ3v) is 6.93. The van der Waals surface area contributed by atoms with E-state index in [0.717, 1.165) is 10.6 Å². The smallest absolute Gasteiger partial charge is 0.267 e. The number of anilines is 1. The van der Waals surface area contributed by atoms with Gasteiger partial charge in [-0.3, -0.25) is 14.9 Å². The van der Waals surface area contributed by atoms with E-state index in [4.69, 9.17) is 4.42 Å². The van der Waals surface area contributed by atoms with E-state index in [1.807, 2.05) is 41.9 Å². The third kappa shape index (κ3) is 5.24. The second-order valence-electron chi connectivity index (χ2n) is 6.59. The van der Waals surface area contributed by atoms with Crippen LogP contribution in [0.15, 0.2) is 57.8 Å². The Morgan fingerprint density at radius 3 is 2.73 bits per heavy atom. The fourth-order valence-electron chi connectivity index (χ4n) is 2.86. The van der Waals surface area contributed by atoms with Crippen LogP contribution in [0.5, 0.6) is 0 Å². The Kier molecular flexibility index (Phi) is 6.41. The van der Waals surface area contributed by atoms with E-state index < -0.39 is 0 Å². The van der Waals surface area contributed by atoms with Crippen LogP contribution in [-0.2, 0) is 24.3 Å². The number of thiophene rings is 2. The number of aromatic nitrogens is 1. The molecule has 0 saturated carbocycles. The van der Waals surface area contributed by atoms with Gasteiger partial charge in [-0.2, -0.15) is 0 Å². The molecular formula is C21H19N3O3S3. The molecule has 9 heteroatoms. The van der Waals surface area contributed by atoms with Gasteiger partial charge < -0.3 is 9.32 Å². The van der Waals surface area contributed by atoms with Crippen LogP contribution in [0.25, 0.3) is 0 Å². The summed E-state index contributed by atoms with van der Waals surface area (Å²) in [5.74, 6) is 0.502. The molecule has 0 aromatic carbocycles. The van der Waals surface area contributed by atoms with Crippen LogP contribution < -0.4 is 5.32 Å². The fourth-order valence-corrected chi connectivity index (χ4v) is 5.09. The number of nitrogens with zero attached hydrogens (tertiary/aromatic N) is 2. The topological polar surface area (TPSA) is 75.4 Å². The summed E-state index contributed by atoms with van der Waals surface area (Å²) in [7, 11) is 0. The highest BCUT2D eigenvalue weighted by Gasteiger charge is 2.19. The molecule has 4 aromatic rings. The van der Waals surface area contributed by atoms with Gasteiger partial charge in [-0.1, -0.05) is 6.07 Å². The molecule has 4 heterocycles. The highest BCUT2D eigenvalue weighted by molar-refractivity contribution is 7.14. The minimum Gasteiger partial charge on any atom is -0.467 e. The van der Waals surface area contributed by atoms with Gasteiger partial charge in [-0.05, 0) is 42.6 Å². The normalized spacial score (nSPS) is 10.8. The van der Waals surface area contributed by atoms with Crippen LogP contribution in [0.3, 0.4) is 0 Å². The summed E-state index contributed by atoms with van der Waals surface area (Å²) in [6, 6.07) is 11.4. The first-order valence-corrected chi connectivity index (χ1v) is 11.8. The van der Waals surface area contributed by atoms with Gasteiger partial charge in [-0.15, -0.1) is 34.0 Å². The molecule has 0 aliphatic heterocycles. The van der Waals surface area contributed by atoms with Crippen LogP contribution in [0.1, 0.15) is 30.9 Å². The van der Waals surface area contributed by atoms with Crippen molar-refractivity contribution in [2.45, 2.75) is 26.4 Å². The van der Waals surface area contributed by atoms with E-state index in [9.17, 15) is 9.59 Å². The zero-order valence-electron chi connectivity index (χ0n) is 16.2. The Labute approximate surface area is 185 Å². The van der Waals surface area contributed by atoms with Crippen LogP contribution in [0, 0.1) is 6.92 Å². The maximum absolute atomic E-state index is 13.0. The van der Waals surface area contributed by atoms with Gasteiger partial charge in [0, 0.05) is 15.1 Å². The molecule has 1 N–H and O–H groups in total. The Hall–Kier alpha value is -2.75. The molecule has 0 unspecified atom stereocenters. The molecule has 6 nitrogen and oxygen atoms in total. The van der Waals surface area contributed by atoms with Crippen LogP contribution >= 0.6 is 34.0 Å². The largest absolute Gasteiger partial charge is 0.467 e. The zero-order valence-corrected chi connectivity index (χ0v) is 18.6. The minimum atomic E-state index is -0.190.